The second-order valence-corrected chi connectivity index (χ2v) is 5.53. The minimum Gasteiger partial charge on any atom is -0.333 e. The van der Waals surface area contributed by atoms with Gasteiger partial charge in [0.2, 0.25) is 0 Å². The highest BCUT2D eigenvalue weighted by Gasteiger charge is 2.11. The maximum atomic E-state index is 9.27. The summed E-state index contributed by atoms with van der Waals surface area (Å²) in [5.74, 6) is 0. The van der Waals surface area contributed by atoms with Crippen molar-refractivity contribution < 1.29 is 0 Å². The molecule has 0 unspecified atom stereocenters. The molecule has 0 fully saturated rings. The first-order valence-corrected chi connectivity index (χ1v) is 7.00. The summed E-state index contributed by atoms with van der Waals surface area (Å²) in [5.41, 5.74) is 4.19. The van der Waals surface area contributed by atoms with E-state index >= 15 is 0 Å². The number of aromatic nitrogens is 3. The van der Waals surface area contributed by atoms with Crippen LogP contribution in [0.15, 0.2) is 40.4 Å². The van der Waals surface area contributed by atoms with E-state index < -0.39 is 0 Å². The standard InChI is InChI=1S/C15H12N4S/c1-9-7-14(11(8-16)10(2)17-9)20-15-18-12-5-3-4-6-13(12)19-15/h3-7H,1-2H3,(H,18,19). The lowest BCUT2D eigenvalue weighted by Gasteiger charge is -2.05. The van der Waals surface area contributed by atoms with Crippen molar-refractivity contribution >= 4 is 22.8 Å². The Kier molecular flexibility index (Phi) is 3.17. The SMILES string of the molecule is Cc1cc(Sc2nc3ccccc3[nH]2)c(C#N)c(C)n1. The molecular formula is C15H12N4S. The van der Waals surface area contributed by atoms with Crippen LogP contribution in [0.3, 0.4) is 0 Å². The molecule has 1 aromatic carbocycles. The summed E-state index contributed by atoms with van der Waals surface area (Å²) in [6, 6.07) is 12.0. The summed E-state index contributed by atoms with van der Waals surface area (Å²) in [6.45, 7) is 3.78. The van der Waals surface area contributed by atoms with Crippen LogP contribution >= 0.6 is 11.8 Å². The largest absolute Gasteiger partial charge is 0.333 e. The fourth-order valence-electron chi connectivity index (χ4n) is 2.09. The Hall–Kier alpha value is -2.32. The fraction of sp³-hybridized carbons (Fsp3) is 0.133. The summed E-state index contributed by atoms with van der Waals surface area (Å²) < 4.78 is 0. The second kappa shape index (κ2) is 4.99. The van der Waals surface area contributed by atoms with E-state index in [-0.39, 0.29) is 0 Å². The summed E-state index contributed by atoms with van der Waals surface area (Å²) in [6.07, 6.45) is 0. The molecule has 0 saturated carbocycles. The second-order valence-electron chi connectivity index (χ2n) is 4.50. The first-order valence-electron chi connectivity index (χ1n) is 6.18. The fourth-order valence-corrected chi connectivity index (χ4v) is 3.13. The maximum absolute atomic E-state index is 9.27. The summed E-state index contributed by atoms with van der Waals surface area (Å²) in [7, 11) is 0. The number of hydrogen-bond acceptors (Lipinski definition) is 4. The van der Waals surface area contributed by atoms with Crippen LogP contribution in [0.2, 0.25) is 0 Å². The Morgan fingerprint density at radius 1 is 1.20 bits per heavy atom. The van der Waals surface area contributed by atoms with E-state index in [4.69, 9.17) is 0 Å². The number of nitriles is 1. The summed E-state index contributed by atoms with van der Waals surface area (Å²) in [4.78, 5) is 13.0. The predicted molar refractivity (Wildman–Crippen MR) is 78.6 cm³/mol. The van der Waals surface area contributed by atoms with E-state index in [1.165, 1.54) is 11.8 Å². The van der Waals surface area contributed by atoms with Crippen LogP contribution in [0.4, 0.5) is 0 Å². The van der Waals surface area contributed by atoms with Crippen LogP contribution in [0.5, 0.6) is 0 Å². The van der Waals surface area contributed by atoms with Crippen molar-refractivity contribution in [2.75, 3.05) is 0 Å². The molecule has 3 rings (SSSR count). The van der Waals surface area contributed by atoms with Gasteiger partial charge in [0.05, 0.1) is 22.3 Å². The molecule has 0 aliphatic rings. The third-order valence-electron chi connectivity index (χ3n) is 2.98. The lowest BCUT2D eigenvalue weighted by atomic mass is 10.2. The molecule has 0 aliphatic carbocycles. The number of pyridine rings is 1. The zero-order valence-electron chi connectivity index (χ0n) is 11.1. The van der Waals surface area contributed by atoms with E-state index in [0.717, 1.165) is 32.5 Å². The van der Waals surface area contributed by atoms with Gasteiger partial charge in [-0.05, 0) is 32.0 Å². The number of H-pyrrole nitrogens is 1. The Morgan fingerprint density at radius 3 is 2.75 bits per heavy atom. The van der Waals surface area contributed by atoms with Crippen molar-refractivity contribution in [3.63, 3.8) is 0 Å². The third kappa shape index (κ3) is 2.26. The molecule has 0 bridgehead atoms. The number of nitrogens with one attached hydrogen (secondary N) is 1. The molecule has 20 heavy (non-hydrogen) atoms. The molecule has 4 nitrogen and oxygen atoms in total. The average Bonchev–Trinajstić information content (AvgIpc) is 2.80. The van der Waals surface area contributed by atoms with Crippen LogP contribution in [0, 0.1) is 25.2 Å². The monoisotopic (exact) mass is 280 g/mol. The number of benzene rings is 1. The Morgan fingerprint density at radius 2 is 2.00 bits per heavy atom. The Labute approximate surface area is 120 Å². The Balaban J connectivity index is 2.05. The first-order chi connectivity index (χ1) is 9.67. The normalized spacial score (nSPS) is 10.7. The van der Waals surface area contributed by atoms with Crippen LogP contribution in [-0.2, 0) is 0 Å². The molecule has 0 aliphatic heterocycles. The topological polar surface area (TPSA) is 65.4 Å². The van der Waals surface area contributed by atoms with Crippen molar-refractivity contribution in [3.05, 3.63) is 47.3 Å². The highest BCUT2D eigenvalue weighted by molar-refractivity contribution is 7.99. The van der Waals surface area contributed by atoms with Gasteiger partial charge in [0.1, 0.15) is 6.07 Å². The van der Waals surface area contributed by atoms with Crippen LogP contribution in [0.25, 0.3) is 11.0 Å². The van der Waals surface area contributed by atoms with Crippen LogP contribution in [-0.4, -0.2) is 15.0 Å². The number of imidazole rings is 1. The molecule has 0 saturated heterocycles. The quantitative estimate of drug-likeness (QED) is 0.779. The predicted octanol–water partition coefficient (Wildman–Crippen LogP) is 3.60. The van der Waals surface area contributed by atoms with Crippen molar-refractivity contribution in [1.82, 2.24) is 15.0 Å². The van der Waals surface area contributed by atoms with Gasteiger partial charge in [0, 0.05) is 10.6 Å². The van der Waals surface area contributed by atoms with Gasteiger partial charge in [-0.2, -0.15) is 5.26 Å². The number of fused-ring (bicyclic) bond motifs is 1. The maximum Gasteiger partial charge on any atom is 0.171 e. The van der Waals surface area contributed by atoms with Crippen LogP contribution in [0.1, 0.15) is 17.0 Å². The Bertz CT molecular complexity index is 796. The number of aromatic amines is 1. The number of aryl methyl sites for hydroxylation is 2. The molecule has 2 aromatic heterocycles. The molecule has 0 spiro atoms. The van der Waals surface area contributed by atoms with Gasteiger partial charge >= 0.3 is 0 Å². The van der Waals surface area contributed by atoms with Gasteiger partial charge in [-0.15, -0.1) is 0 Å². The summed E-state index contributed by atoms with van der Waals surface area (Å²) >= 11 is 1.46. The molecule has 3 aromatic rings. The average molecular weight is 280 g/mol. The van der Waals surface area contributed by atoms with Gasteiger partial charge < -0.3 is 4.98 Å². The van der Waals surface area contributed by atoms with Crippen molar-refractivity contribution in [2.45, 2.75) is 23.9 Å². The first kappa shape index (κ1) is 12.7. The van der Waals surface area contributed by atoms with E-state index in [2.05, 4.69) is 21.0 Å². The number of para-hydroxylation sites is 2. The highest BCUT2D eigenvalue weighted by atomic mass is 32.2. The molecule has 5 heteroatoms. The van der Waals surface area contributed by atoms with Crippen molar-refractivity contribution in [3.8, 4) is 6.07 Å². The summed E-state index contributed by atoms with van der Waals surface area (Å²) in [5, 5.41) is 10.1. The number of rotatable bonds is 2. The lowest BCUT2D eigenvalue weighted by molar-refractivity contribution is 1.05. The molecule has 0 atom stereocenters. The van der Waals surface area contributed by atoms with Crippen molar-refractivity contribution in [2.24, 2.45) is 0 Å². The number of hydrogen-bond donors (Lipinski definition) is 1. The smallest absolute Gasteiger partial charge is 0.171 e. The zero-order chi connectivity index (χ0) is 14.1. The molecule has 0 amide bonds. The van der Waals surface area contributed by atoms with E-state index in [0.29, 0.717) is 5.56 Å². The number of nitrogens with zero attached hydrogens (tertiary/aromatic N) is 3. The molecule has 1 N–H and O–H groups in total. The van der Waals surface area contributed by atoms with Gasteiger partial charge in [-0.3, -0.25) is 4.98 Å². The molecule has 0 radical (unpaired) electrons. The molecule has 98 valence electrons. The van der Waals surface area contributed by atoms with Crippen LogP contribution < -0.4 is 0 Å². The van der Waals surface area contributed by atoms with Gasteiger partial charge in [0.15, 0.2) is 5.16 Å². The van der Waals surface area contributed by atoms with E-state index in [9.17, 15) is 5.26 Å². The minimum atomic E-state index is 0.612. The molecule has 2 heterocycles. The minimum absolute atomic E-state index is 0.612. The van der Waals surface area contributed by atoms with Gasteiger partial charge in [0.25, 0.3) is 0 Å². The van der Waals surface area contributed by atoms with Crippen molar-refractivity contribution in [1.29, 1.82) is 5.26 Å². The van der Waals surface area contributed by atoms with E-state index in [1.807, 2.05) is 44.2 Å². The lowest BCUT2D eigenvalue weighted by Crippen LogP contribution is -1.94. The highest BCUT2D eigenvalue weighted by Crippen LogP contribution is 2.31. The zero-order valence-corrected chi connectivity index (χ0v) is 12.0. The van der Waals surface area contributed by atoms with E-state index in [1.54, 1.807) is 0 Å². The third-order valence-corrected chi connectivity index (χ3v) is 3.91. The molecular weight excluding hydrogens is 268 g/mol. The van der Waals surface area contributed by atoms with Gasteiger partial charge in [-0.1, -0.05) is 23.9 Å². The van der Waals surface area contributed by atoms with Gasteiger partial charge in [-0.25, -0.2) is 4.98 Å².